The number of hydrogen-bond acceptors (Lipinski definition) is 4. The quantitative estimate of drug-likeness (QED) is 0.629. The minimum Gasteiger partial charge on any atom is -0.461 e. The van der Waals surface area contributed by atoms with Crippen LogP contribution in [0.4, 0.5) is 0 Å². The first-order valence-corrected chi connectivity index (χ1v) is 3.50. The van der Waals surface area contributed by atoms with Gasteiger partial charge in [0.1, 0.15) is 0 Å². The van der Waals surface area contributed by atoms with Gasteiger partial charge in [-0.3, -0.25) is 9.97 Å². The monoisotopic (exact) mass is 179 g/mol. The summed E-state index contributed by atoms with van der Waals surface area (Å²) in [5.41, 5.74) is -1.30. The second kappa shape index (κ2) is 2.74. The molecular weight excluding hydrogens is 174 g/mol. The Morgan fingerprint density at radius 1 is 1.31 bits per heavy atom. The molecule has 0 saturated heterocycles. The third kappa shape index (κ3) is 1.41. The van der Waals surface area contributed by atoms with E-state index in [1.54, 1.807) is 12.1 Å². The number of aromatic amines is 2. The van der Waals surface area contributed by atoms with Crippen molar-refractivity contribution in [3.05, 3.63) is 39.4 Å². The summed E-state index contributed by atoms with van der Waals surface area (Å²) >= 11 is 0. The first kappa shape index (κ1) is 7.53. The molecule has 0 aromatic carbocycles. The van der Waals surface area contributed by atoms with Gasteiger partial charge >= 0.3 is 11.4 Å². The molecule has 2 aromatic rings. The van der Waals surface area contributed by atoms with Crippen LogP contribution in [0.25, 0.3) is 11.6 Å². The van der Waals surface area contributed by atoms with Gasteiger partial charge in [-0.25, -0.2) is 9.59 Å². The molecule has 0 radical (unpaired) electrons. The Kier molecular flexibility index (Phi) is 1.59. The van der Waals surface area contributed by atoms with E-state index >= 15 is 0 Å². The van der Waals surface area contributed by atoms with Crippen LogP contribution in [0, 0.1) is 0 Å². The average molecular weight is 179 g/mol. The van der Waals surface area contributed by atoms with Crippen molar-refractivity contribution in [3.8, 4) is 11.6 Å². The fourth-order valence-electron chi connectivity index (χ4n) is 0.923. The summed E-state index contributed by atoms with van der Waals surface area (Å²) in [6.45, 7) is 0. The van der Waals surface area contributed by atoms with Crippen LogP contribution in [-0.2, 0) is 0 Å². The molecule has 0 aliphatic heterocycles. The van der Waals surface area contributed by atoms with Crippen LogP contribution in [0.15, 0.2) is 32.4 Å². The summed E-state index contributed by atoms with van der Waals surface area (Å²) in [5, 5.41) is 0. The molecule has 2 aromatic heterocycles. The lowest BCUT2D eigenvalue weighted by Gasteiger charge is -1.91. The summed E-state index contributed by atoms with van der Waals surface area (Å²) in [7, 11) is 0. The Morgan fingerprint density at radius 3 is 2.77 bits per heavy atom. The van der Waals surface area contributed by atoms with Crippen molar-refractivity contribution in [3.63, 3.8) is 0 Å². The van der Waals surface area contributed by atoms with E-state index in [2.05, 4.69) is 9.97 Å². The normalized spacial score (nSPS) is 10.2. The maximum atomic E-state index is 10.8. The first-order chi connectivity index (χ1) is 6.25. The Bertz CT molecular complexity index is 480. The molecule has 0 aliphatic carbocycles. The maximum Gasteiger partial charge on any atom is 0.351 e. The third-order valence-corrected chi connectivity index (χ3v) is 1.42. The standard InChI is InChI=1S/C7H5N3O3/c11-6-8-5(9-7(12)10-6)4-2-1-3-13-4/h1-3H,(H2,8,9,10,11,12). The molecule has 2 heterocycles. The minimum atomic E-state index is -0.699. The molecule has 0 fully saturated rings. The summed E-state index contributed by atoms with van der Waals surface area (Å²) in [6, 6.07) is 3.23. The van der Waals surface area contributed by atoms with Crippen LogP contribution >= 0.6 is 0 Å². The summed E-state index contributed by atoms with van der Waals surface area (Å²) < 4.78 is 4.94. The molecule has 13 heavy (non-hydrogen) atoms. The molecule has 0 atom stereocenters. The molecule has 66 valence electrons. The highest BCUT2D eigenvalue weighted by atomic mass is 16.3. The zero-order valence-corrected chi connectivity index (χ0v) is 6.40. The van der Waals surface area contributed by atoms with Crippen LogP contribution in [0.1, 0.15) is 0 Å². The largest absolute Gasteiger partial charge is 0.461 e. The molecule has 0 unspecified atom stereocenters. The summed E-state index contributed by atoms with van der Waals surface area (Å²) in [6.07, 6.45) is 1.43. The van der Waals surface area contributed by atoms with Crippen LogP contribution in [0.3, 0.4) is 0 Å². The van der Waals surface area contributed by atoms with Gasteiger partial charge in [0, 0.05) is 0 Å². The van der Waals surface area contributed by atoms with E-state index in [0.717, 1.165) is 0 Å². The van der Waals surface area contributed by atoms with Gasteiger partial charge in [-0.05, 0) is 12.1 Å². The van der Waals surface area contributed by atoms with Crippen molar-refractivity contribution in [2.75, 3.05) is 0 Å². The van der Waals surface area contributed by atoms with Crippen LogP contribution in [0.5, 0.6) is 0 Å². The number of rotatable bonds is 1. The molecule has 0 spiro atoms. The van der Waals surface area contributed by atoms with E-state index in [4.69, 9.17) is 4.42 Å². The molecule has 6 nitrogen and oxygen atoms in total. The molecule has 2 N–H and O–H groups in total. The predicted molar refractivity (Wildman–Crippen MR) is 43.2 cm³/mol. The summed E-state index contributed by atoms with van der Waals surface area (Å²) in [5.74, 6) is 0.474. The average Bonchev–Trinajstić information content (AvgIpc) is 2.53. The second-order valence-corrected chi connectivity index (χ2v) is 2.32. The molecule has 0 amide bonds. The van der Waals surface area contributed by atoms with Crippen LogP contribution in [0.2, 0.25) is 0 Å². The highest BCUT2D eigenvalue weighted by molar-refractivity contribution is 5.44. The van der Waals surface area contributed by atoms with Crippen LogP contribution in [-0.4, -0.2) is 15.0 Å². The SMILES string of the molecule is O=c1nc(-c2ccco2)[nH]c(=O)[nH]1. The van der Waals surface area contributed by atoms with Gasteiger partial charge in [0.25, 0.3) is 0 Å². The number of furan rings is 1. The van der Waals surface area contributed by atoms with E-state index in [1.165, 1.54) is 6.26 Å². The lowest BCUT2D eigenvalue weighted by atomic mass is 10.4. The fraction of sp³-hybridized carbons (Fsp3) is 0. The smallest absolute Gasteiger partial charge is 0.351 e. The van der Waals surface area contributed by atoms with Crippen molar-refractivity contribution in [2.45, 2.75) is 0 Å². The van der Waals surface area contributed by atoms with Crippen LogP contribution < -0.4 is 11.4 Å². The Morgan fingerprint density at radius 2 is 2.15 bits per heavy atom. The van der Waals surface area contributed by atoms with E-state index < -0.39 is 11.4 Å². The number of nitrogens with zero attached hydrogens (tertiary/aromatic N) is 1. The topological polar surface area (TPSA) is 91.8 Å². The first-order valence-electron chi connectivity index (χ1n) is 3.50. The van der Waals surface area contributed by atoms with Crippen molar-refractivity contribution in [1.29, 1.82) is 0 Å². The third-order valence-electron chi connectivity index (χ3n) is 1.42. The molecule has 0 saturated carbocycles. The Hall–Kier alpha value is -2.11. The number of hydrogen-bond donors (Lipinski definition) is 2. The molecule has 0 bridgehead atoms. The van der Waals surface area contributed by atoms with Crippen molar-refractivity contribution < 1.29 is 4.42 Å². The van der Waals surface area contributed by atoms with E-state index in [1.807, 2.05) is 4.98 Å². The Balaban J connectivity index is 2.66. The fourth-order valence-corrected chi connectivity index (χ4v) is 0.923. The highest BCUT2D eigenvalue weighted by Gasteiger charge is 2.03. The van der Waals surface area contributed by atoms with Crippen molar-refractivity contribution >= 4 is 0 Å². The van der Waals surface area contributed by atoms with Gasteiger partial charge in [0.2, 0.25) is 0 Å². The zero-order valence-electron chi connectivity index (χ0n) is 6.40. The van der Waals surface area contributed by atoms with Crippen molar-refractivity contribution in [1.82, 2.24) is 15.0 Å². The maximum absolute atomic E-state index is 10.8. The van der Waals surface area contributed by atoms with Gasteiger partial charge in [-0.15, -0.1) is 0 Å². The minimum absolute atomic E-state index is 0.124. The number of H-pyrrole nitrogens is 2. The van der Waals surface area contributed by atoms with Crippen molar-refractivity contribution in [2.24, 2.45) is 0 Å². The second-order valence-electron chi connectivity index (χ2n) is 2.32. The van der Waals surface area contributed by atoms with Gasteiger partial charge < -0.3 is 4.42 Å². The van der Waals surface area contributed by atoms with Gasteiger partial charge in [-0.2, -0.15) is 4.98 Å². The van der Waals surface area contributed by atoms with E-state index in [9.17, 15) is 9.59 Å². The summed E-state index contributed by atoms with van der Waals surface area (Å²) in [4.78, 5) is 29.4. The van der Waals surface area contributed by atoms with Gasteiger partial charge in [0.15, 0.2) is 11.6 Å². The lowest BCUT2D eigenvalue weighted by Crippen LogP contribution is -2.25. The predicted octanol–water partition coefficient (Wildman–Crippen LogP) is -0.282. The van der Waals surface area contributed by atoms with Gasteiger partial charge in [-0.1, -0.05) is 0 Å². The Labute approximate surface area is 71.3 Å². The van der Waals surface area contributed by atoms with E-state index in [0.29, 0.717) is 5.76 Å². The molecule has 6 heteroatoms. The van der Waals surface area contributed by atoms with E-state index in [-0.39, 0.29) is 5.82 Å². The molecular formula is C7H5N3O3. The zero-order chi connectivity index (χ0) is 9.26. The molecule has 2 rings (SSSR count). The molecule has 0 aliphatic rings. The van der Waals surface area contributed by atoms with Gasteiger partial charge in [0.05, 0.1) is 6.26 Å². The highest BCUT2D eigenvalue weighted by Crippen LogP contribution is 2.10. The number of nitrogens with one attached hydrogen (secondary N) is 2. The number of aromatic nitrogens is 3. The lowest BCUT2D eigenvalue weighted by molar-refractivity contribution is 0.575.